The maximum atomic E-state index is 12.0. The number of hydrogen-bond acceptors (Lipinski definition) is 4. The highest BCUT2D eigenvalue weighted by molar-refractivity contribution is 6.20. The second-order valence-electron chi connectivity index (χ2n) is 5.60. The van der Waals surface area contributed by atoms with Crippen molar-refractivity contribution in [2.45, 2.75) is 38.5 Å². The number of carbonyl (C=O) groups excluding carboxylic acids is 3. The van der Waals surface area contributed by atoms with Crippen LogP contribution in [0.1, 0.15) is 59.2 Å². The quantitative estimate of drug-likeness (QED) is 0.799. The Morgan fingerprint density at radius 3 is 2.24 bits per heavy atom. The number of fused-ring (bicyclic) bond motifs is 1. The van der Waals surface area contributed by atoms with E-state index >= 15 is 0 Å². The topological polar surface area (TPSA) is 63.7 Å². The van der Waals surface area contributed by atoms with Crippen molar-refractivity contribution in [3.8, 4) is 0 Å². The largest absolute Gasteiger partial charge is 0.333 e. The zero-order valence-corrected chi connectivity index (χ0v) is 11.7. The summed E-state index contributed by atoms with van der Waals surface area (Å²) < 4.78 is 0. The molecule has 110 valence electrons. The molecule has 0 aromatic heterocycles. The summed E-state index contributed by atoms with van der Waals surface area (Å²) in [6, 6.07) is 6.47. The molecule has 0 spiro atoms. The van der Waals surface area contributed by atoms with Crippen LogP contribution in [0.5, 0.6) is 0 Å². The fourth-order valence-electron chi connectivity index (χ4n) is 3.02. The van der Waals surface area contributed by atoms with E-state index in [1.165, 1.54) is 12.8 Å². The lowest BCUT2D eigenvalue weighted by Gasteiger charge is -2.13. The molecule has 1 aromatic rings. The van der Waals surface area contributed by atoms with Crippen molar-refractivity contribution < 1.29 is 19.2 Å². The molecule has 1 fully saturated rings. The molecule has 1 heterocycles. The Bertz CT molecular complexity index is 555. The lowest BCUT2D eigenvalue weighted by atomic mass is 10.0. The average molecular weight is 287 g/mol. The van der Waals surface area contributed by atoms with Gasteiger partial charge in [0.15, 0.2) is 0 Å². The SMILES string of the molecule is O=C(CCC1CCCC1)ON1C(=O)c2ccccc2C1=O. The van der Waals surface area contributed by atoms with Crippen molar-refractivity contribution in [3.05, 3.63) is 35.4 Å². The zero-order valence-electron chi connectivity index (χ0n) is 11.7. The van der Waals surface area contributed by atoms with Gasteiger partial charge in [0.25, 0.3) is 11.8 Å². The molecule has 21 heavy (non-hydrogen) atoms. The molecule has 0 radical (unpaired) electrons. The Labute approximate surface area is 122 Å². The van der Waals surface area contributed by atoms with Crippen LogP contribution < -0.4 is 0 Å². The van der Waals surface area contributed by atoms with Gasteiger partial charge < -0.3 is 4.84 Å². The second-order valence-corrected chi connectivity index (χ2v) is 5.60. The number of carbonyl (C=O) groups is 3. The minimum absolute atomic E-state index is 0.248. The van der Waals surface area contributed by atoms with E-state index in [0.717, 1.165) is 19.3 Å². The molecule has 0 unspecified atom stereocenters. The third kappa shape index (κ3) is 2.68. The first-order valence-electron chi connectivity index (χ1n) is 7.35. The Kier molecular flexibility index (Phi) is 3.73. The highest BCUT2D eigenvalue weighted by Gasteiger charge is 2.38. The van der Waals surface area contributed by atoms with Crippen LogP contribution >= 0.6 is 0 Å². The predicted molar refractivity (Wildman–Crippen MR) is 74.2 cm³/mol. The number of hydrogen-bond donors (Lipinski definition) is 0. The first-order chi connectivity index (χ1) is 10.2. The van der Waals surface area contributed by atoms with Crippen LogP contribution in [0.4, 0.5) is 0 Å². The molecule has 1 aromatic carbocycles. The Hall–Kier alpha value is -2.17. The van der Waals surface area contributed by atoms with Gasteiger partial charge in [-0.05, 0) is 24.5 Å². The first kappa shape index (κ1) is 13.8. The molecule has 3 rings (SSSR count). The van der Waals surface area contributed by atoms with Gasteiger partial charge in [-0.1, -0.05) is 42.9 Å². The Morgan fingerprint density at radius 1 is 1.10 bits per heavy atom. The van der Waals surface area contributed by atoms with Gasteiger partial charge in [-0.3, -0.25) is 9.59 Å². The van der Waals surface area contributed by atoms with E-state index < -0.39 is 17.8 Å². The van der Waals surface area contributed by atoms with Gasteiger partial charge in [0.2, 0.25) is 0 Å². The van der Waals surface area contributed by atoms with Crippen molar-refractivity contribution in [1.82, 2.24) is 5.06 Å². The zero-order chi connectivity index (χ0) is 14.8. The highest BCUT2D eigenvalue weighted by Crippen LogP contribution is 2.29. The predicted octanol–water partition coefficient (Wildman–Crippen LogP) is 2.71. The van der Waals surface area contributed by atoms with Crippen LogP contribution in [0.2, 0.25) is 0 Å². The minimum atomic E-state index is -0.565. The third-order valence-corrected chi connectivity index (χ3v) is 4.18. The summed E-state index contributed by atoms with van der Waals surface area (Å²) >= 11 is 0. The maximum Gasteiger partial charge on any atom is 0.333 e. The van der Waals surface area contributed by atoms with Crippen LogP contribution in [-0.4, -0.2) is 22.8 Å². The van der Waals surface area contributed by atoms with Crippen LogP contribution in [0.15, 0.2) is 24.3 Å². The number of rotatable bonds is 4. The van der Waals surface area contributed by atoms with Gasteiger partial charge in [-0.25, -0.2) is 4.79 Å². The summed E-state index contributed by atoms with van der Waals surface area (Å²) in [5.74, 6) is -1.08. The van der Waals surface area contributed by atoms with Crippen molar-refractivity contribution in [3.63, 3.8) is 0 Å². The van der Waals surface area contributed by atoms with Crippen molar-refractivity contribution >= 4 is 17.8 Å². The van der Waals surface area contributed by atoms with Gasteiger partial charge in [-0.2, -0.15) is 0 Å². The molecule has 1 saturated carbocycles. The summed E-state index contributed by atoms with van der Waals surface area (Å²) in [5, 5.41) is 0.585. The van der Waals surface area contributed by atoms with E-state index in [9.17, 15) is 14.4 Å². The number of imide groups is 1. The Balaban J connectivity index is 1.59. The van der Waals surface area contributed by atoms with E-state index in [4.69, 9.17) is 4.84 Å². The molecule has 0 bridgehead atoms. The molecule has 2 amide bonds. The molecular formula is C16H17NO4. The van der Waals surface area contributed by atoms with Gasteiger partial charge in [0, 0.05) is 6.42 Å². The molecule has 1 aliphatic heterocycles. The monoisotopic (exact) mass is 287 g/mol. The minimum Gasteiger partial charge on any atom is -0.330 e. The van der Waals surface area contributed by atoms with Crippen LogP contribution in [0.3, 0.4) is 0 Å². The standard InChI is InChI=1S/C16H17NO4/c18-14(10-9-11-5-1-2-6-11)21-17-15(19)12-7-3-4-8-13(12)16(17)20/h3-4,7-8,11H,1-2,5-6,9-10H2. The number of benzene rings is 1. The number of amides is 2. The van der Waals surface area contributed by atoms with Crippen molar-refractivity contribution in [2.75, 3.05) is 0 Å². The van der Waals surface area contributed by atoms with Crippen LogP contribution in [-0.2, 0) is 9.63 Å². The number of nitrogens with zero attached hydrogens (tertiary/aromatic N) is 1. The molecule has 5 heteroatoms. The molecule has 5 nitrogen and oxygen atoms in total. The van der Waals surface area contributed by atoms with E-state index in [-0.39, 0.29) is 17.5 Å². The van der Waals surface area contributed by atoms with Crippen molar-refractivity contribution in [1.29, 1.82) is 0 Å². The molecule has 0 N–H and O–H groups in total. The van der Waals surface area contributed by atoms with E-state index in [1.54, 1.807) is 24.3 Å². The van der Waals surface area contributed by atoms with Gasteiger partial charge in [0.1, 0.15) is 0 Å². The third-order valence-electron chi connectivity index (χ3n) is 4.18. The summed E-state index contributed by atoms with van der Waals surface area (Å²) in [5.41, 5.74) is 0.567. The summed E-state index contributed by atoms with van der Waals surface area (Å²) in [6.07, 6.45) is 5.76. The molecule has 0 atom stereocenters. The molecule has 0 saturated heterocycles. The van der Waals surface area contributed by atoms with E-state index in [1.807, 2.05) is 0 Å². The van der Waals surface area contributed by atoms with Crippen LogP contribution in [0, 0.1) is 5.92 Å². The fourth-order valence-corrected chi connectivity index (χ4v) is 3.02. The van der Waals surface area contributed by atoms with Gasteiger partial charge in [0.05, 0.1) is 11.1 Å². The lowest BCUT2D eigenvalue weighted by molar-refractivity contribution is -0.168. The fraction of sp³-hybridized carbons (Fsp3) is 0.438. The first-order valence-corrected chi connectivity index (χ1v) is 7.35. The number of hydroxylamine groups is 2. The van der Waals surface area contributed by atoms with Crippen LogP contribution in [0.25, 0.3) is 0 Å². The van der Waals surface area contributed by atoms with E-state index in [0.29, 0.717) is 11.0 Å². The second kappa shape index (κ2) is 5.68. The van der Waals surface area contributed by atoms with E-state index in [2.05, 4.69) is 0 Å². The maximum absolute atomic E-state index is 12.0. The summed E-state index contributed by atoms with van der Waals surface area (Å²) in [6.45, 7) is 0. The van der Waals surface area contributed by atoms with Crippen molar-refractivity contribution in [2.24, 2.45) is 5.92 Å². The molecule has 2 aliphatic rings. The molecular weight excluding hydrogens is 270 g/mol. The summed E-state index contributed by atoms with van der Waals surface area (Å²) in [7, 11) is 0. The van der Waals surface area contributed by atoms with Gasteiger partial charge >= 0.3 is 5.97 Å². The normalized spacial score (nSPS) is 18.2. The highest BCUT2D eigenvalue weighted by atomic mass is 16.7. The summed E-state index contributed by atoms with van der Waals surface area (Å²) in [4.78, 5) is 40.9. The van der Waals surface area contributed by atoms with Gasteiger partial charge in [-0.15, -0.1) is 0 Å². The lowest BCUT2D eigenvalue weighted by Crippen LogP contribution is -2.32. The molecule has 1 aliphatic carbocycles. The Morgan fingerprint density at radius 2 is 1.67 bits per heavy atom. The smallest absolute Gasteiger partial charge is 0.330 e. The average Bonchev–Trinajstić information content (AvgIpc) is 3.09.